The van der Waals surface area contributed by atoms with Gasteiger partial charge in [-0.05, 0) is 37.0 Å². The van der Waals surface area contributed by atoms with E-state index in [2.05, 4.69) is 19.9 Å². The smallest absolute Gasteiger partial charge is 0.227 e. The fourth-order valence-electron chi connectivity index (χ4n) is 2.62. The number of carbonyl (C=O) groups is 1. The predicted octanol–water partition coefficient (Wildman–Crippen LogP) is 2.36. The van der Waals surface area contributed by atoms with Crippen LogP contribution in [0.4, 0.5) is 0 Å². The lowest BCUT2D eigenvalue weighted by molar-refractivity contribution is -0.131. The van der Waals surface area contributed by atoms with Crippen LogP contribution in [0, 0.1) is 17.2 Å². The lowest BCUT2D eigenvalue weighted by Gasteiger charge is -2.21. The van der Waals surface area contributed by atoms with Gasteiger partial charge in [-0.2, -0.15) is 5.26 Å². The van der Waals surface area contributed by atoms with Crippen LogP contribution < -0.4 is 0 Å². The largest absolute Gasteiger partial charge is 0.339 e. The summed E-state index contributed by atoms with van der Waals surface area (Å²) >= 11 is 0. The number of rotatable bonds is 2. The van der Waals surface area contributed by atoms with Crippen molar-refractivity contribution in [1.29, 1.82) is 5.26 Å². The van der Waals surface area contributed by atoms with Crippen molar-refractivity contribution < 1.29 is 4.79 Å². The minimum Gasteiger partial charge on any atom is -0.339 e. The molecule has 0 spiro atoms. The summed E-state index contributed by atoms with van der Waals surface area (Å²) in [4.78, 5) is 14.2. The predicted molar refractivity (Wildman–Crippen MR) is 69.8 cm³/mol. The van der Waals surface area contributed by atoms with E-state index >= 15 is 0 Å². The Morgan fingerprint density at radius 2 is 2.06 bits per heavy atom. The van der Waals surface area contributed by atoms with Crippen molar-refractivity contribution in [2.75, 3.05) is 6.54 Å². The zero-order valence-corrected chi connectivity index (χ0v) is 10.9. The first kappa shape index (κ1) is 12.6. The number of benzene rings is 1. The summed E-state index contributed by atoms with van der Waals surface area (Å²) in [7, 11) is 0. The number of carbonyl (C=O) groups excluding carboxylic acids is 1. The van der Waals surface area contributed by atoms with Gasteiger partial charge in [0.2, 0.25) is 5.91 Å². The lowest BCUT2D eigenvalue weighted by Crippen LogP contribution is -2.35. The fourth-order valence-corrected chi connectivity index (χ4v) is 2.62. The number of hydrogen-bond acceptors (Lipinski definition) is 2. The number of likely N-dealkylation sites (tertiary alicyclic amines) is 1. The Kier molecular flexibility index (Phi) is 3.66. The molecule has 1 amide bonds. The topological polar surface area (TPSA) is 44.1 Å². The minimum absolute atomic E-state index is 0.191. The van der Waals surface area contributed by atoms with Gasteiger partial charge in [-0.25, -0.2) is 0 Å². The molecule has 0 saturated carbocycles. The Hall–Kier alpha value is -1.82. The highest BCUT2D eigenvalue weighted by molar-refractivity contribution is 5.79. The van der Waals surface area contributed by atoms with Crippen LogP contribution in [0.1, 0.15) is 31.4 Å². The molecule has 1 aromatic carbocycles. The Balaban J connectivity index is 2.01. The van der Waals surface area contributed by atoms with E-state index in [9.17, 15) is 4.79 Å². The molecule has 3 nitrogen and oxygen atoms in total. The molecule has 1 fully saturated rings. The van der Waals surface area contributed by atoms with Crippen molar-refractivity contribution in [3.8, 4) is 6.07 Å². The van der Waals surface area contributed by atoms with Gasteiger partial charge in [0.1, 0.15) is 0 Å². The second-order valence-electron chi connectivity index (χ2n) is 5.22. The molecular weight excluding hydrogens is 224 g/mol. The fraction of sp³-hybridized carbons (Fsp3) is 0.467. The monoisotopic (exact) mass is 242 g/mol. The maximum absolute atomic E-state index is 12.2. The third-order valence-corrected chi connectivity index (χ3v) is 3.54. The summed E-state index contributed by atoms with van der Waals surface area (Å²) in [6, 6.07) is 9.68. The van der Waals surface area contributed by atoms with Crippen LogP contribution in [0.5, 0.6) is 0 Å². The van der Waals surface area contributed by atoms with Crippen LogP contribution in [0.3, 0.4) is 0 Å². The van der Waals surface area contributed by atoms with Crippen LogP contribution in [-0.4, -0.2) is 23.4 Å². The van der Waals surface area contributed by atoms with Crippen molar-refractivity contribution in [3.05, 3.63) is 35.4 Å². The van der Waals surface area contributed by atoms with Gasteiger partial charge in [0.15, 0.2) is 0 Å². The first-order valence-corrected chi connectivity index (χ1v) is 6.38. The van der Waals surface area contributed by atoms with Crippen molar-refractivity contribution in [2.45, 2.75) is 32.7 Å². The van der Waals surface area contributed by atoms with Crippen molar-refractivity contribution in [2.24, 2.45) is 5.92 Å². The molecule has 1 aliphatic rings. The summed E-state index contributed by atoms with van der Waals surface area (Å²) in [5.41, 5.74) is 1.61. The third kappa shape index (κ3) is 2.70. The molecule has 2 atom stereocenters. The first-order chi connectivity index (χ1) is 8.60. The molecule has 1 saturated heterocycles. The molecule has 2 rings (SSSR count). The first-order valence-electron chi connectivity index (χ1n) is 6.38. The van der Waals surface area contributed by atoms with Gasteiger partial charge in [-0.3, -0.25) is 4.79 Å². The second kappa shape index (κ2) is 5.22. The average molecular weight is 242 g/mol. The van der Waals surface area contributed by atoms with Gasteiger partial charge in [0, 0.05) is 12.6 Å². The van der Waals surface area contributed by atoms with Gasteiger partial charge in [0.25, 0.3) is 0 Å². The van der Waals surface area contributed by atoms with E-state index in [0.717, 1.165) is 18.5 Å². The van der Waals surface area contributed by atoms with Gasteiger partial charge in [-0.1, -0.05) is 19.1 Å². The molecule has 0 radical (unpaired) electrons. The summed E-state index contributed by atoms with van der Waals surface area (Å²) in [5.74, 6) is 0.793. The maximum atomic E-state index is 12.2. The Bertz CT molecular complexity index is 472. The zero-order chi connectivity index (χ0) is 13.1. The quantitative estimate of drug-likeness (QED) is 0.799. The summed E-state index contributed by atoms with van der Waals surface area (Å²) in [6.45, 7) is 5.17. The van der Waals surface area contributed by atoms with E-state index < -0.39 is 0 Å². The standard InChI is InChI=1S/C15H18N2O/c1-11-7-12(2)17(10-11)15(18)8-13-3-5-14(9-16)6-4-13/h3-6,11-12H,7-8,10H2,1-2H3. The molecule has 18 heavy (non-hydrogen) atoms. The molecule has 3 heteroatoms. The highest BCUT2D eigenvalue weighted by Gasteiger charge is 2.29. The lowest BCUT2D eigenvalue weighted by atomic mass is 10.1. The highest BCUT2D eigenvalue weighted by Crippen LogP contribution is 2.23. The summed E-state index contributed by atoms with van der Waals surface area (Å²) in [6.07, 6.45) is 1.53. The number of amides is 1. The second-order valence-corrected chi connectivity index (χ2v) is 5.22. The maximum Gasteiger partial charge on any atom is 0.227 e. The molecule has 0 aliphatic carbocycles. The molecule has 1 aromatic rings. The van der Waals surface area contributed by atoms with E-state index in [-0.39, 0.29) is 5.91 Å². The average Bonchev–Trinajstić information content (AvgIpc) is 2.69. The molecule has 0 bridgehead atoms. The zero-order valence-electron chi connectivity index (χ0n) is 10.9. The number of nitriles is 1. The van der Waals surface area contributed by atoms with E-state index in [4.69, 9.17) is 5.26 Å². The van der Waals surface area contributed by atoms with Crippen LogP contribution in [-0.2, 0) is 11.2 Å². The molecule has 0 aromatic heterocycles. The van der Waals surface area contributed by atoms with E-state index in [0.29, 0.717) is 23.9 Å². The Morgan fingerprint density at radius 3 is 2.56 bits per heavy atom. The molecule has 1 aliphatic heterocycles. The normalized spacial score (nSPS) is 22.8. The van der Waals surface area contributed by atoms with Crippen LogP contribution in [0.25, 0.3) is 0 Å². The van der Waals surface area contributed by atoms with E-state index in [1.807, 2.05) is 17.0 Å². The molecular formula is C15H18N2O. The van der Waals surface area contributed by atoms with Crippen LogP contribution in [0.2, 0.25) is 0 Å². The van der Waals surface area contributed by atoms with E-state index in [1.165, 1.54) is 0 Å². The molecule has 2 unspecified atom stereocenters. The van der Waals surface area contributed by atoms with Gasteiger partial charge < -0.3 is 4.90 Å². The van der Waals surface area contributed by atoms with Gasteiger partial charge >= 0.3 is 0 Å². The molecule has 0 N–H and O–H groups in total. The summed E-state index contributed by atoms with van der Waals surface area (Å²) in [5, 5.41) is 8.72. The van der Waals surface area contributed by atoms with Crippen molar-refractivity contribution >= 4 is 5.91 Å². The third-order valence-electron chi connectivity index (χ3n) is 3.54. The molecule has 1 heterocycles. The summed E-state index contributed by atoms with van der Waals surface area (Å²) < 4.78 is 0. The Morgan fingerprint density at radius 1 is 1.39 bits per heavy atom. The molecule has 94 valence electrons. The van der Waals surface area contributed by atoms with Crippen molar-refractivity contribution in [3.63, 3.8) is 0 Å². The number of nitrogens with zero attached hydrogens (tertiary/aromatic N) is 2. The van der Waals surface area contributed by atoms with Crippen LogP contribution >= 0.6 is 0 Å². The Labute approximate surface area is 108 Å². The highest BCUT2D eigenvalue weighted by atomic mass is 16.2. The number of hydrogen-bond donors (Lipinski definition) is 0. The minimum atomic E-state index is 0.191. The van der Waals surface area contributed by atoms with Gasteiger partial charge in [-0.15, -0.1) is 0 Å². The van der Waals surface area contributed by atoms with Gasteiger partial charge in [0.05, 0.1) is 18.1 Å². The van der Waals surface area contributed by atoms with E-state index in [1.54, 1.807) is 12.1 Å². The van der Waals surface area contributed by atoms with Crippen molar-refractivity contribution in [1.82, 2.24) is 4.90 Å². The van der Waals surface area contributed by atoms with Crippen LogP contribution in [0.15, 0.2) is 24.3 Å². The SMILES string of the molecule is CC1CC(C)N(C(=O)Cc2ccc(C#N)cc2)C1.